The number of nitrogens with one attached hydrogen (secondary N) is 2. The number of anilines is 3. The summed E-state index contributed by atoms with van der Waals surface area (Å²) in [5, 5.41) is 14.8. The summed E-state index contributed by atoms with van der Waals surface area (Å²) in [5.41, 5.74) is -0.243. The summed E-state index contributed by atoms with van der Waals surface area (Å²) in [6.07, 6.45) is 2.79. The van der Waals surface area contributed by atoms with Crippen molar-refractivity contribution in [2.24, 2.45) is 0 Å². The second kappa shape index (κ2) is 10.3. The minimum absolute atomic E-state index is 0.00151. The lowest BCUT2D eigenvalue weighted by Gasteiger charge is -2.12. The van der Waals surface area contributed by atoms with Gasteiger partial charge in [-0.05, 0) is 47.2 Å². The molecule has 0 saturated carbocycles. The first-order valence-corrected chi connectivity index (χ1v) is 12.6. The molecule has 0 aliphatic carbocycles. The zero-order valence-corrected chi connectivity index (χ0v) is 20.3. The van der Waals surface area contributed by atoms with Gasteiger partial charge in [-0.3, -0.25) is 8.37 Å². The topological polar surface area (TPSA) is 191 Å². The molecular weight excluding hydrogens is 504 g/mol. The number of aromatic carboxylic acids is 1. The van der Waals surface area contributed by atoms with Crippen molar-refractivity contribution in [2.45, 2.75) is 16.7 Å². The smallest absolute Gasteiger partial charge is 0.444 e. The van der Waals surface area contributed by atoms with Crippen LogP contribution >= 0.6 is 0 Å². The first-order chi connectivity index (χ1) is 16.5. The number of carbonyl (C=O) groups is 1. The molecule has 0 amide bonds. The molecular formula is C19H21N6O8S2+. The molecule has 186 valence electrons. The van der Waals surface area contributed by atoms with Gasteiger partial charge in [-0.1, -0.05) is 0 Å². The average molecular weight is 526 g/mol. The molecule has 2 aromatic heterocycles. The Morgan fingerprint density at radius 3 is 2.34 bits per heavy atom. The summed E-state index contributed by atoms with van der Waals surface area (Å²) in [4.78, 5) is 23.2. The van der Waals surface area contributed by atoms with E-state index in [1.54, 1.807) is 6.92 Å². The summed E-state index contributed by atoms with van der Waals surface area (Å²) >= 11 is 0. The normalized spacial score (nSPS) is 11.7. The number of hydrogen-bond donors (Lipinski definition) is 3. The Morgan fingerprint density at radius 1 is 1.03 bits per heavy atom. The zero-order valence-electron chi connectivity index (χ0n) is 18.7. The van der Waals surface area contributed by atoms with Gasteiger partial charge < -0.3 is 15.7 Å². The number of carboxylic acid groups (broad SMARTS) is 1. The van der Waals surface area contributed by atoms with Gasteiger partial charge in [-0.15, -0.1) is 4.98 Å². The molecule has 0 aliphatic rings. The highest BCUT2D eigenvalue weighted by Crippen LogP contribution is 2.29. The van der Waals surface area contributed by atoms with E-state index in [1.165, 1.54) is 29.1 Å². The molecule has 3 aromatic rings. The Hall–Kier alpha value is -3.73. The lowest BCUT2D eigenvalue weighted by Crippen LogP contribution is -2.34. The van der Waals surface area contributed by atoms with E-state index in [4.69, 9.17) is 0 Å². The summed E-state index contributed by atoms with van der Waals surface area (Å²) in [6.45, 7) is 2.21. The Morgan fingerprint density at radius 2 is 1.71 bits per heavy atom. The first kappa shape index (κ1) is 25.9. The third-order valence-corrected chi connectivity index (χ3v) is 7.03. The van der Waals surface area contributed by atoms with Crippen LogP contribution in [0, 0.1) is 0 Å². The quantitative estimate of drug-likeness (QED) is 0.248. The Bertz CT molecular complexity index is 1480. The Balaban J connectivity index is 2.18. The van der Waals surface area contributed by atoms with E-state index in [1.807, 2.05) is 0 Å². The highest BCUT2D eigenvalue weighted by Gasteiger charge is 2.25. The van der Waals surface area contributed by atoms with E-state index in [0.717, 1.165) is 32.4 Å². The maximum absolute atomic E-state index is 12.4. The molecule has 0 atom stereocenters. The fourth-order valence-corrected chi connectivity index (χ4v) is 4.27. The van der Waals surface area contributed by atoms with E-state index < -0.39 is 26.2 Å². The standard InChI is InChI=1S/C19H20N6O8S2/c1-4-20-17-22-18(24-19(23-17)25-9-5-6-12(11-25)16(26)27)21-14-10-13(34(28,29)32-2)7-8-15(14)35(30,31)33-3/h5-11H,4H2,1-3H3,(H2-,20,21,22,23,24,26,27)/p+1. The molecule has 0 saturated heterocycles. The van der Waals surface area contributed by atoms with Crippen molar-refractivity contribution in [1.82, 2.24) is 15.0 Å². The van der Waals surface area contributed by atoms with Crippen LogP contribution in [0.5, 0.6) is 0 Å². The van der Waals surface area contributed by atoms with Crippen molar-refractivity contribution in [1.29, 1.82) is 0 Å². The van der Waals surface area contributed by atoms with Crippen molar-refractivity contribution in [3.63, 3.8) is 0 Å². The average Bonchev–Trinajstić information content (AvgIpc) is 2.84. The third kappa shape index (κ3) is 5.86. The first-order valence-electron chi connectivity index (χ1n) is 9.78. The molecule has 3 N–H and O–H groups in total. The number of hydrogen-bond acceptors (Lipinski definition) is 12. The van der Waals surface area contributed by atoms with Crippen molar-refractivity contribution in [2.75, 3.05) is 31.4 Å². The fraction of sp³-hybridized carbons (Fsp3) is 0.211. The van der Waals surface area contributed by atoms with Gasteiger partial charge in [0.1, 0.15) is 4.90 Å². The van der Waals surface area contributed by atoms with E-state index in [-0.39, 0.29) is 38.9 Å². The van der Waals surface area contributed by atoms with Crippen molar-refractivity contribution >= 4 is 43.8 Å². The lowest BCUT2D eigenvalue weighted by atomic mass is 10.3. The molecule has 16 heteroatoms. The van der Waals surface area contributed by atoms with Gasteiger partial charge in [0.05, 0.1) is 42.8 Å². The third-order valence-electron chi connectivity index (χ3n) is 4.43. The van der Waals surface area contributed by atoms with E-state index in [0.29, 0.717) is 6.54 Å². The van der Waals surface area contributed by atoms with Gasteiger partial charge in [-0.2, -0.15) is 16.8 Å². The minimum Gasteiger partial charge on any atom is -0.478 e. The monoisotopic (exact) mass is 525 g/mol. The molecule has 0 unspecified atom stereocenters. The van der Waals surface area contributed by atoms with Crippen LogP contribution < -0.4 is 15.2 Å². The Kier molecular flexibility index (Phi) is 7.59. The van der Waals surface area contributed by atoms with E-state index in [2.05, 4.69) is 34.0 Å². The zero-order chi connectivity index (χ0) is 25.8. The predicted molar refractivity (Wildman–Crippen MR) is 121 cm³/mol. The summed E-state index contributed by atoms with van der Waals surface area (Å²) in [6, 6.07) is 5.97. The molecule has 0 spiro atoms. The van der Waals surface area contributed by atoms with Crippen LogP contribution in [0.2, 0.25) is 0 Å². The fourth-order valence-electron chi connectivity index (χ4n) is 2.79. The second-order valence-electron chi connectivity index (χ2n) is 6.64. The summed E-state index contributed by atoms with van der Waals surface area (Å²) in [5.74, 6) is -1.24. The maximum atomic E-state index is 12.4. The largest absolute Gasteiger partial charge is 0.478 e. The van der Waals surface area contributed by atoms with Gasteiger partial charge in [0, 0.05) is 6.54 Å². The second-order valence-corrected chi connectivity index (χ2v) is 10.0. The molecule has 14 nitrogen and oxygen atoms in total. The van der Waals surface area contributed by atoms with Crippen LogP contribution in [0.25, 0.3) is 5.95 Å². The molecule has 2 heterocycles. The van der Waals surface area contributed by atoms with Crippen LogP contribution in [-0.2, 0) is 28.6 Å². The minimum atomic E-state index is -4.27. The van der Waals surface area contributed by atoms with Crippen molar-refractivity contribution in [3.8, 4) is 5.95 Å². The number of pyridine rings is 1. The van der Waals surface area contributed by atoms with Gasteiger partial charge in [0.2, 0.25) is 0 Å². The molecule has 3 rings (SSSR count). The van der Waals surface area contributed by atoms with Gasteiger partial charge in [0.15, 0.2) is 0 Å². The van der Waals surface area contributed by atoms with Crippen LogP contribution in [-0.4, -0.2) is 63.6 Å². The summed E-state index contributed by atoms with van der Waals surface area (Å²) < 4.78 is 59.6. The number of rotatable bonds is 10. The molecule has 0 aliphatic heterocycles. The summed E-state index contributed by atoms with van der Waals surface area (Å²) in [7, 11) is -6.52. The molecule has 0 fully saturated rings. The van der Waals surface area contributed by atoms with Crippen molar-refractivity contribution < 1.29 is 39.7 Å². The number of nitrogens with zero attached hydrogens (tertiary/aromatic N) is 4. The molecule has 1 aromatic carbocycles. The molecule has 0 bridgehead atoms. The van der Waals surface area contributed by atoms with Gasteiger partial charge >= 0.3 is 23.8 Å². The van der Waals surface area contributed by atoms with Gasteiger partial charge in [-0.25, -0.2) is 9.36 Å². The number of aromatic nitrogens is 4. The Labute approximate surface area is 200 Å². The van der Waals surface area contributed by atoms with Crippen LogP contribution in [0.15, 0.2) is 52.5 Å². The van der Waals surface area contributed by atoms with Crippen molar-refractivity contribution in [3.05, 3.63) is 48.3 Å². The predicted octanol–water partition coefficient (Wildman–Crippen LogP) is 0.692. The lowest BCUT2D eigenvalue weighted by molar-refractivity contribution is -0.603. The molecule has 35 heavy (non-hydrogen) atoms. The van der Waals surface area contributed by atoms with E-state index >= 15 is 0 Å². The maximum Gasteiger partial charge on any atom is 0.444 e. The highest BCUT2D eigenvalue weighted by atomic mass is 32.2. The SMILES string of the molecule is CCNc1nc(Nc2cc(S(=O)(=O)OC)ccc2S(=O)(=O)OC)nc(-[n+]2cccc(C(=O)O)c2)n1. The highest BCUT2D eigenvalue weighted by molar-refractivity contribution is 7.87. The van der Waals surface area contributed by atoms with Crippen LogP contribution in [0.3, 0.4) is 0 Å². The van der Waals surface area contributed by atoms with Crippen LogP contribution in [0.4, 0.5) is 17.6 Å². The van der Waals surface area contributed by atoms with Crippen LogP contribution in [0.1, 0.15) is 17.3 Å². The van der Waals surface area contributed by atoms with E-state index in [9.17, 15) is 26.7 Å². The van der Waals surface area contributed by atoms with Gasteiger partial charge in [0.25, 0.3) is 20.2 Å². The molecule has 0 radical (unpaired) electrons. The number of benzene rings is 1. The number of carboxylic acids is 1.